The second kappa shape index (κ2) is 9.10. The van der Waals surface area contributed by atoms with Crippen LogP contribution < -0.4 is 4.74 Å². The quantitative estimate of drug-likeness (QED) is 0.394. The Morgan fingerprint density at radius 2 is 1.25 bits per heavy atom. The fourth-order valence-electron chi connectivity index (χ4n) is 3.84. The van der Waals surface area contributed by atoms with E-state index in [1.165, 1.54) is 27.8 Å². The van der Waals surface area contributed by atoms with Crippen LogP contribution in [-0.2, 0) is 6.42 Å². The van der Waals surface area contributed by atoms with Crippen LogP contribution in [0, 0.1) is 0 Å². The average molecular weight is 373 g/mol. The lowest BCUT2D eigenvalue weighted by Gasteiger charge is -2.25. The summed E-state index contributed by atoms with van der Waals surface area (Å²) in [6.07, 6.45) is 1.14. The van der Waals surface area contributed by atoms with Gasteiger partial charge in [-0.05, 0) is 54.0 Å². The standard InChI is InChI=1S/C27H32O/c1-6-21-17-24(18-25(19(2)3)27(21)28-20(4)5)26(22-13-9-7-10-14-22)23-15-11-8-12-16-23/h7-20,26H,6H2,1-5H3. The summed E-state index contributed by atoms with van der Waals surface area (Å²) in [4.78, 5) is 0. The molecule has 3 aromatic carbocycles. The van der Waals surface area contributed by atoms with Gasteiger partial charge in [0.1, 0.15) is 5.75 Å². The third-order valence-electron chi connectivity index (χ3n) is 5.17. The van der Waals surface area contributed by atoms with Gasteiger partial charge in [-0.25, -0.2) is 0 Å². The van der Waals surface area contributed by atoms with E-state index in [-0.39, 0.29) is 12.0 Å². The van der Waals surface area contributed by atoms with Crippen molar-refractivity contribution in [2.75, 3.05) is 0 Å². The van der Waals surface area contributed by atoms with Crippen molar-refractivity contribution in [3.8, 4) is 5.75 Å². The third kappa shape index (κ3) is 4.47. The lowest BCUT2D eigenvalue weighted by Crippen LogP contribution is -2.12. The molecule has 0 aliphatic carbocycles. The van der Waals surface area contributed by atoms with Gasteiger partial charge in [0.15, 0.2) is 0 Å². The van der Waals surface area contributed by atoms with Crippen LogP contribution in [0.5, 0.6) is 5.75 Å². The monoisotopic (exact) mass is 372 g/mol. The van der Waals surface area contributed by atoms with Crippen molar-refractivity contribution in [2.45, 2.75) is 59.0 Å². The minimum Gasteiger partial charge on any atom is -0.490 e. The lowest BCUT2D eigenvalue weighted by molar-refractivity contribution is 0.237. The zero-order valence-corrected chi connectivity index (χ0v) is 17.8. The van der Waals surface area contributed by atoms with Crippen LogP contribution in [0.25, 0.3) is 0 Å². The normalized spacial score (nSPS) is 11.4. The Morgan fingerprint density at radius 3 is 1.68 bits per heavy atom. The molecule has 146 valence electrons. The van der Waals surface area contributed by atoms with E-state index in [0.29, 0.717) is 5.92 Å². The molecule has 3 rings (SSSR count). The van der Waals surface area contributed by atoms with E-state index in [1.54, 1.807) is 0 Å². The van der Waals surface area contributed by atoms with E-state index in [9.17, 15) is 0 Å². The highest BCUT2D eigenvalue weighted by molar-refractivity contribution is 5.52. The topological polar surface area (TPSA) is 9.23 Å². The molecule has 0 heterocycles. The molecule has 0 spiro atoms. The van der Waals surface area contributed by atoms with Gasteiger partial charge in [0, 0.05) is 5.92 Å². The molecule has 0 saturated heterocycles. The van der Waals surface area contributed by atoms with Gasteiger partial charge in [0.05, 0.1) is 6.10 Å². The highest BCUT2D eigenvalue weighted by Crippen LogP contribution is 2.39. The fourth-order valence-corrected chi connectivity index (χ4v) is 3.84. The van der Waals surface area contributed by atoms with Gasteiger partial charge in [-0.2, -0.15) is 0 Å². The second-order valence-corrected chi connectivity index (χ2v) is 8.03. The molecule has 0 amide bonds. The summed E-state index contributed by atoms with van der Waals surface area (Å²) in [7, 11) is 0. The van der Waals surface area contributed by atoms with Crippen LogP contribution in [0.4, 0.5) is 0 Å². The van der Waals surface area contributed by atoms with E-state index >= 15 is 0 Å². The fraction of sp³-hybridized carbons (Fsp3) is 0.333. The maximum Gasteiger partial charge on any atom is 0.126 e. The third-order valence-corrected chi connectivity index (χ3v) is 5.17. The maximum atomic E-state index is 6.27. The Kier molecular flexibility index (Phi) is 6.57. The average Bonchev–Trinajstić information content (AvgIpc) is 2.70. The van der Waals surface area contributed by atoms with E-state index < -0.39 is 0 Å². The zero-order chi connectivity index (χ0) is 20.1. The number of hydrogen-bond acceptors (Lipinski definition) is 1. The van der Waals surface area contributed by atoms with Crippen molar-refractivity contribution in [1.29, 1.82) is 0 Å². The maximum absolute atomic E-state index is 6.27. The van der Waals surface area contributed by atoms with Crippen molar-refractivity contribution >= 4 is 0 Å². The SMILES string of the molecule is CCc1cc(C(c2ccccc2)c2ccccc2)cc(C(C)C)c1OC(C)C. The zero-order valence-electron chi connectivity index (χ0n) is 17.8. The summed E-state index contributed by atoms with van der Waals surface area (Å²) < 4.78 is 6.27. The van der Waals surface area contributed by atoms with Gasteiger partial charge in [-0.15, -0.1) is 0 Å². The van der Waals surface area contributed by atoms with E-state index in [0.717, 1.165) is 12.2 Å². The van der Waals surface area contributed by atoms with Gasteiger partial charge in [-0.1, -0.05) is 93.6 Å². The molecule has 0 fully saturated rings. The van der Waals surface area contributed by atoms with E-state index in [4.69, 9.17) is 4.74 Å². The molecule has 0 saturated carbocycles. The summed E-state index contributed by atoms with van der Waals surface area (Å²) in [6.45, 7) is 10.9. The molecular formula is C27H32O. The Bertz CT molecular complexity index is 839. The molecule has 0 N–H and O–H groups in total. The molecule has 0 bridgehead atoms. The van der Waals surface area contributed by atoms with Crippen LogP contribution in [0.15, 0.2) is 72.8 Å². The van der Waals surface area contributed by atoms with Crippen molar-refractivity contribution in [1.82, 2.24) is 0 Å². The van der Waals surface area contributed by atoms with Crippen LogP contribution in [-0.4, -0.2) is 6.10 Å². The minimum atomic E-state index is 0.174. The van der Waals surface area contributed by atoms with E-state index in [2.05, 4.69) is 107 Å². The number of benzene rings is 3. The predicted octanol–water partition coefficient (Wildman–Crippen LogP) is 7.34. The number of ether oxygens (including phenoxy) is 1. The molecule has 0 unspecified atom stereocenters. The first kappa shape index (κ1) is 20.2. The molecule has 3 aromatic rings. The first-order valence-electron chi connectivity index (χ1n) is 10.4. The second-order valence-electron chi connectivity index (χ2n) is 8.03. The molecule has 0 atom stereocenters. The van der Waals surface area contributed by atoms with Crippen LogP contribution in [0.1, 0.15) is 74.3 Å². The summed E-state index contributed by atoms with van der Waals surface area (Å²) in [5.74, 6) is 1.71. The van der Waals surface area contributed by atoms with Gasteiger partial charge >= 0.3 is 0 Å². The van der Waals surface area contributed by atoms with Crippen LogP contribution in [0.3, 0.4) is 0 Å². The molecule has 1 heteroatoms. The molecule has 0 aliphatic heterocycles. The van der Waals surface area contributed by atoms with E-state index in [1.807, 2.05) is 0 Å². The smallest absolute Gasteiger partial charge is 0.126 e. The highest BCUT2D eigenvalue weighted by Gasteiger charge is 2.22. The van der Waals surface area contributed by atoms with Crippen molar-refractivity contribution in [2.24, 2.45) is 0 Å². The number of hydrogen-bond donors (Lipinski definition) is 0. The number of rotatable bonds is 7. The van der Waals surface area contributed by atoms with Crippen molar-refractivity contribution < 1.29 is 4.74 Å². The molecule has 28 heavy (non-hydrogen) atoms. The van der Waals surface area contributed by atoms with Gasteiger partial charge in [-0.3, -0.25) is 0 Å². The van der Waals surface area contributed by atoms with Crippen molar-refractivity contribution in [3.63, 3.8) is 0 Å². The number of aryl methyl sites for hydroxylation is 1. The molecule has 1 nitrogen and oxygen atoms in total. The first-order chi connectivity index (χ1) is 13.5. The molecule has 0 aromatic heterocycles. The lowest BCUT2D eigenvalue weighted by atomic mass is 9.82. The molecule has 0 aliphatic rings. The Balaban J connectivity index is 2.22. The molecular weight excluding hydrogens is 340 g/mol. The van der Waals surface area contributed by atoms with Gasteiger partial charge in [0.25, 0.3) is 0 Å². The predicted molar refractivity (Wildman–Crippen MR) is 120 cm³/mol. The van der Waals surface area contributed by atoms with Gasteiger partial charge < -0.3 is 4.74 Å². The van der Waals surface area contributed by atoms with Gasteiger partial charge in [0.2, 0.25) is 0 Å². The highest BCUT2D eigenvalue weighted by atomic mass is 16.5. The Hall–Kier alpha value is -2.54. The Morgan fingerprint density at radius 1 is 0.714 bits per heavy atom. The summed E-state index contributed by atoms with van der Waals surface area (Å²) in [5, 5.41) is 0. The summed E-state index contributed by atoms with van der Waals surface area (Å²) >= 11 is 0. The van der Waals surface area contributed by atoms with Crippen LogP contribution >= 0.6 is 0 Å². The minimum absolute atomic E-state index is 0.174. The molecule has 0 radical (unpaired) electrons. The largest absolute Gasteiger partial charge is 0.490 e. The summed E-state index contributed by atoms with van der Waals surface area (Å²) in [5.41, 5.74) is 6.59. The first-order valence-corrected chi connectivity index (χ1v) is 10.4. The Labute approximate surface area is 170 Å². The van der Waals surface area contributed by atoms with Crippen LogP contribution in [0.2, 0.25) is 0 Å². The summed E-state index contributed by atoms with van der Waals surface area (Å²) in [6, 6.07) is 26.3. The van der Waals surface area contributed by atoms with Crippen molar-refractivity contribution in [3.05, 3.63) is 101 Å².